The zero-order valence-electron chi connectivity index (χ0n) is 51.8. The van der Waals surface area contributed by atoms with E-state index in [-0.39, 0.29) is 190 Å². The van der Waals surface area contributed by atoms with Gasteiger partial charge < -0.3 is 101 Å². The molecule has 0 aromatic rings. The number of nitrogens with zero attached hydrogens (tertiary/aromatic N) is 9. The number of carboxylic acids is 1. The number of hydrogen-bond donors (Lipinski definition) is 5. The second-order valence-corrected chi connectivity index (χ2v) is 23.1. The first-order chi connectivity index (χ1) is 39.6. The molecule has 53 heteroatoms. The van der Waals surface area contributed by atoms with E-state index in [0.29, 0.717) is 0 Å². The van der Waals surface area contributed by atoms with Gasteiger partial charge in [-0.1, -0.05) is 70.1 Å². The summed E-state index contributed by atoms with van der Waals surface area (Å²) in [6.07, 6.45) is -13.7. The van der Waals surface area contributed by atoms with Crippen LogP contribution < -0.4 is 148 Å². The van der Waals surface area contributed by atoms with E-state index >= 15 is 0 Å². The number of carbonyl (C=O) groups is 2. The van der Waals surface area contributed by atoms with Crippen molar-refractivity contribution >= 4 is 64.4 Å². The third-order valence-electron chi connectivity index (χ3n) is 13.1. The maximum atomic E-state index is 11.8. The van der Waals surface area contributed by atoms with Gasteiger partial charge in [0, 0.05) is 30.0 Å². The predicted octanol–water partition coefficient (Wildman–Crippen LogP) is -14.9. The van der Waals surface area contributed by atoms with E-state index in [4.69, 9.17) is 143 Å². The van der Waals surface area contributed by atoms with Gasteiger partial charge in [0.25, 0.3) is 6.47 Å². The van der Waals surface area contributed by atoms with Crippen molar-refractivity contribution < 1.29 is 302 Å². The fourth-order valence-corrected chi connectivity index (χ4v) is 9.11. The van der Waals surface area contributed by atoms with Gasteiger partial charge in [0.05, 0.1) is 24.3 Å². The number of carboxylic acid groups (broad SMARTS) is 1. The van der Waals surface area contributed by atoms with Crippen molar-refractivity contribution in [2.24, 2.45) is 50.9 Å². The third kappa shape index (κ3) is 40.9. The molecule has 0 aromatic carbocycles. The molecule has 5 heterocycles. The van der Waals surface area contributed by atoms with E-state index in [0.717, 1.165) is 0 Å². The van der Waals surface area contributed by atoms with Crippen LogP contribution in [0.5, 0.6) is 0 Å². The Morgan fingerprint density at radius 2 is 0.924 bits per heavy atom. The number of hydrogen-bond acceptors (Lipinski definition) is 32. The van der Waals surface area contributed by atoms with Gasteiger partial charge in [-0.15, -0.1) is 5.11 Å². The fourth-order valence-electron chi connectivity index (χ4n) is 8.57. The second-order valence-electron chi connectivity index (χ2n) is 18.7. The maximum absolute atomic E-state index is 11.8. The summed E-state index contributed by atoms with van der Waals surface area (Å²) in [4.78, 5) is 31.6. The van der Waals surface area contributed by atoms with Crippen molar-refractivity contribution in [3.8, 4) is 0 Å². The summed E-state index contributed by atoms with van der Waals surface area (Å²) in [6.45, 7) is 24.5. The first-order valence-corrected chi connectivity index (χ1v) is 30.8. The van der Waals surface area contributed by atoms with E-state index in [1.807, 2.05) is 34.6 Å². The van der Waals surface area contributed by atoms with E-state index in [2.05, 4.69) is 50.8 Å². The minimum absolute atomic E-state index is 0. The number of aliphatic carboxylic acids is 1. The van der Waals surface area contributed by atoms with Crippen molar-refractivity contribution in [3.05, 3.63) is 58.5 Å². The Hall–Kier alpha value is 0.820. The van der Waals surface area contributed by atoms with Crippen LogP contribution in [0, 0.1) is 62.7 Å². The summed E-state index contributed by atoms with van der Waals surface area (Å²) < 4.78 is 234. The normalized spacial score (nSPS) is 34.9. The minimum Gasteiger partial charge on any atom is -0.726 e. The molecule has 5 saturated heterocycles. The first kappa shape index (κ1) is 104. The molecule has 508 valence electrons. The molecule has 8 unspecified atom stereocenters. The molecule has 5 rings (SSSR count). The Kier molecular flexibility index (Phi) is 54.0. The monoisotopic (exact) mass is 1480 g/mol. The molecule has 5 aliphatic heterocycles. The molecule has 5 aliphatic rings. The molecule has 43 nitrogen and oxygen atoms in total. The molecule has 5 N–H and O–H groups in total. The van der Waals surface area contributed by atoms with Crippen LogP contribution in [0.3, 0.4) is 0 Å². The number of methoxy groups -OCH3 is 2. The first-order valence-electron chi connectivity index (χ1n) is 24.0. The number of rotatable bonds is 16. The SMILES string of the molecule is O=S(=O)([O-])O.O=S(=O)([O-])O.O=S(=O)([O-])O.O=S(=O)([O-])O.[CH2-]C1O[C@H](O[C@@H]2C(OC=O)O[C@@H](O[C@@H]3C([CH2-])O[C@H](OC)C(N=[N+]=[N-])[C@H]3C)C(OS(=O)(=O)[O-])[C@H]2C)C(N=[N+]=[N-])[CH-][C@@H]1OC.[CH2-][C@@H]1O[C@H](O[C@H]2[C@H](C)C(C)[C@H](C)O[C@H]2C(=O)O)C(N=[N+]=[N-])[C@@H](C)[C@@H]1C.[Na+].[Na+].[Na+].[Na+].[Na+]. The Balaban J connectivity index is -0.000000312. The molecular weight excluding hydrogens is 1410 g/mol. The van der Waals surface area contributed by atoms with Crippen LogP contribution in [0.25, 0.3) is 31.3 Å². The van der Waals surface area contributed by atoms with Crippen LogP contribution in [0.15, 0.2) is 15.3 Å². The van der Waals surface area contributed by atoms with Gasteiger partial charge in [-0.3, -0.25) is 33.6 Å². The molecule has 0 radical (unpaired) electrons. The van der Waals surface area contributed by atoms with Gasteiger partial charge in [-0.2, -0.15) is 0 Å². The quantitative estimate of drug-likeness (QED) is 0.0140. The van der Waals surface area contributed by atoms with Crippen LogP contribution in [-0.2, 0) is 118 Å². The standard InChI is InChI=1S/C22H33N6O13S.C17H28N3O5.5Na.4H2O4S/c1-9-15(26-28-24)20(34-6)37-12(4)16(9)38-22-18(41-42(30,31)32)10(2)17(21(40-22)35-8-29)39-19-13(25-27-23)7-14(33-5)11(3)36-19;1-7-9(3)13(19-20-18)17(24-12(7)6)25-14-10(4)8(2)11(5)23-15(14)16(21)22;;;;;;4*1-5(2,3)4/h7-22H,3-4H2,1-2,5-6H3,(H,30,31,32);7-15,17H,6H2,1-5H3,(H,21,22);;;;;;4*(H2,1,2,3,4)/q-3;-1;5*+1;;;;/p-5/t9-,10+,11?,12?,13?,14+,15?,16+,17+,18?,19-,20+,21?,22-;7-,8?,9-,10+,11-,12-,13?,14-,15+,17+;;;;;;;;;/m10........./s1. The third-order valence-corrected chi connectivity index (χ3v) is 13.5. The van der Waals surface area contributed by atoms with Gasteiger partial charge in [0.1, 0.15) is 24.6 Å². The van der Waals surface area contributed by atoms with E-state index in [9.17, 15) is 27.7 Å². The van der Waals surface area contributed by atoms with Crippen LogP contribution in [-0.4, -0.2) is 225 Å². The van der Waals surface area contributed by atoms with Gasteiger partial charge in [-0.05, 0) is 70.2 Å². The topological polar surface area (TPSA) is 678 Å². The zero-order valence-corrected chi connectivity index (χ0v) is 65.9. The van der Waals surface area contributed by atoms with Crippen molar-refractivity contribution in [3.63, 3.8) is 0 Å². The summed E-state index contributed by atoms with van der Waals surface area (Å²) in [6, 6.07) is -2.50. The van der Waals surface area contributed by atoms with Crippen LogP contribution in [0.2, 0.25) is 0 Å². The van der Waals surface area contributed by atoms with Crippen LogP contribution in [0.4, 0.5) is 0 Å². The summed E-state index contributed by atoms with van der Waals surface area (Å²) in [5.41, 5.74) is 26.9. The van der Waals surface area contributed by atoms with Crippen molar-refractivity contribution in [1.29, 1.82) is 0 Å². The molecule has 24 atom stereocenters. The van der Waals surface area contributed by atoms with Gasteiger partial charge in [0.2, 0.25) is 58.3 Å². The Bertz CT molecular complexity index is 2780. The average molecular weight is 1480 g/mol. The van der Waals surface area contributed by atoms with E-state index in [1.165, 1.54) is 27.6 Å². The maximum Gasteiger partial charge on any atom is 1.00 e. The Morgan fingerprint density at radius 1 is 0.511 bits per heavy atom. The molecule has 0 aliphatic carbocycles. The summed E-state index contributed by atoms with van der Waals surface area (Å²) in [7, 11) is -22.3. The molecule has 0 aromatic heterocycles. The van der Waals surface area contributed by atoms with E-state index in [1.54, 1.807) is 6.92 Å². The smallest absolute Gasteiger partial charge is 0.726 e. The molecule has 0 spiro atoms. The molecule has 5 fully saturated rings. The van der Waals surface area contributed by atoms with Crippen molar-refractivity contribution in [2.45, 2.75) is 159 Å². The summed E-state index contributed by atoms with van der Waals surface area (Å²) >= 11 is 0. The summed E-state index contributed by atoms with van der Waals surface area (Å²) in [5, 5.41) is 20.7. The van der Waals surface area contributed by atoms with Crippen LogP contribution in [0.1, 0.15) is 48.5 Å². The van der Waals surface area contributed by atoms with Gasteiger partial charge >= 0.3 is 154 Å². The molecule has 0 saturated carbocycles. The molecule has 0 bridgehead atoms. The zero-order chi connectivity index (χ0) is 68.1. The molecular formula is C39H64N9Na5O34S5-4. The summed E-state index contributed by atoms with van der Waals surface area (Å²) in [5.74, 6) is -2.67. The van der Waals surface area contributed by atoms with Crippen molar-refractivity contribution in [1.82, 2.24) is 0 Å². The fraction of sp³-hybridized carbons (Fsp3) is 0.846. The van der Waals surface area contributed by atoms with Crippen molar-refractivity contribution in [2.75, 3.05) is 14.2 Å². The number of carbonyl (C=O) groups excluding carboxylic acids is 1. The molecule has 0 amide bonds. The number of azide groups is 3. The van der Waals surface area contributed by atoms with Gasteiger partial charge in [-0.25, -0.2) is 46.9 Å². The minimum atomic E-state index is -5.35. The molecule has 92 heavy (non-hydrogen) atoms. The van der Waals surface area contributed by atoms with Crippen LogP contribution >= 0.6 is 0 Å². The Labute approximate surface area is 641 Å². The Morgan fingerprint density at radius 3 is 1.33 bits per heavy atom. The van der Waals surface area contributed by atoms with Gasteiger partial charge in [0.15, 0.2) is 25.0 Å². The second kappa shape index (κ2) is 47.8. The average Bonchev–Trinajstić information content (AvgIpc) is 0.845. The predicted molar refractivity (Wildman–Crippen MR) is 274 cm³/mol. The number of ether oxygens (including phenoxy) is 11. The largest absolute Gasteiger partial charge is 1.00 e. The van der Waals surface area contributed by atoms with E-state index < -0.39 is 168 Å².